The summed E-state index contributed by atoms with van der Waals surface area (Å²) >= 11 is 5.88. The summed E-state index contributed by atoms with van der Waals surface area (Å²) in [5.41, 5.74) is 0.769. The lowest BCUT2D eigenvalue weighted by molar-refractivity contribution is -0.142. The Morgan fingerprint density at radius 1 is 1.38 bits per heavy atom. The normalized spacial score (nSPS) is 20.6. The molecule has 2 amide bonds. The predicted molar refractivity (Wildman–Crippen MR) is 77.1 cm³/mol. The van der Waals surface area contributed by atoms with Crippen LogP contribution in [0.3, 0.4) is 0 Å². The maximum atomic E-state index is 11.9. The highest BCUT2D eigenvalue weighted by atomic mass is 35.5. The van der Waals surface area contributed by atoms with Gasteiger partial charge in [0, 0.05) is 11.7 Å². The quantitative estimate of drug-likeness (QED) is 0.798. The number of hydrogen-bond acceptors (Lipinski definition) is 3. The second kappa shape index (κ2) is 6.46. The van der Waals surface area contributed by atoms with Gasteiger partial charge in [-0.1, -0.05) is 18.0 Å². The Morgan fingerprint density at radius 2 is 2.14 bits per heavy atom. The number of aliphatic carboxylic acids is 1. The SMILES string of the molecule is N#Cc1ccc(NC(=O)NC2CCCC2C(=O)O)cc1Cl. The van der Waals surface area contributed by atoms with Crippen LogP contribution in [0.4, 0.5) is 10.5 Å². The molecule has 6 nitrogen and oxygen atoms in total. The molecule has 7 heteroatoms. The maximum absolute atomic E-state index is 11.9. The van der Waals surface area contributed by atoms with Crippen molar-refractivity contribution >= 4 is 29.3 Å². The largest absolute Gasteiger partial charge is 0.481 e. The van der Waals surface area contributed by atoms with Crippen molar-refractivity contribution in [1.82, 2.24) is 5.32 Å². The zero-order chi connectivity index (χ0) is 15.4. The number of carbonyl (C=O) groups excluding carboxylic acids is 1. The van der Waals surface area contributed by atoms with Crippen LogP contribution in [0.1, 0.15) is 24.8 Å². The molecule has 21 heavy (non-hydrogen) atoms. The molecule has 1 aromatic carbocycles. The van der Waals surface area contributed by atoms with Gasteiger partial charge in [-0.25, -0.2) is 4.79 Å². The van der Waals surface area contributed by atoms with E-state index in [0.29, 0.717) is 24.1 Å². The van der Waals surface area contributed by atoms with Gasteiger partial charge in [-0.15, -0.1) is 0 Å². The molecule has 0 radical (unpaired) electrons. The highest BCUT2D eigenvalue weighted by molar-refractivity contribution is 6.32. The Kier molecular flexibility index (Phi) is 4.66. The number of nitrogens with zero attached hydrogens (tertiary/aromatic N) is 1. The number of amides is 2. The molecule has 0 bridgehead atoms. The average Bonchev–Trinajstić information content (AvgIpc) is 2.87. The van der Waals surface area contributed by atoms with Gasteiger partial charge < -0.3 is 15.7 Å². The lowest BCUT2D eigenvalue weighted by atomic mass is 10.0. The highest BCUT2D eigenvalue weighted by Gasteiger charge is 2.33. The first-order chi connectivity index (χ1) is 10.0. The van der Waals surface area contributed by atoms with E-state index in [1.807, 2.05) is 6.07 Å². The minimum absolute atomic E-state index is 0.250. The molecule has 1 aliphatic rings. The highest BCUT2D eigenvalue weighted by Crippen LogP contribution is 2.26. The van der Waals surface area contributed by atoms with Crippen LogP contribution in [-0.2, 0) is 4.79 Å². The second-order valence-corrected chi connectivity index (χ2v) is 5.29. The molecule has 2 atom stereocenters. The smallest absolute Gasteiger partial charge is 0.319 e. The van der Waals surface area contributed by atoms with Gasteiger partial charge in [0.05, 0.1) is 16.5 Å². The number of hydrogen-bond donors (Lipinski definition) is 3. The van der Waals surface area contributed by atoms with Crippen molar-refractivity contribution in [2.45, 2.75) is 25.3 Å². The first-order valence-corrected chi connectivity index (χ1v) is 6.89. The summed E-state index contributed by atoms with van der Waals surface area (Å²) in [7, 11) is 0. The van der Waals surface area contributed by atoms with Gasteiger partial charge in [0.2, 0.25) is 0 Å². The number of rotatable bonds is 3. The minimum atomic E-state index is -0.890. The van der Waals surface area contributed by atoms with Crippen LogP contribution in [0.2, 0.25) is 5.02 Å². The fraction of sp³-hybridized carbons (Fsp3) is 0.357. The van der Waals surface area contributed by atoms with Crippen molar-refractivity contribution < 1.29 is 14.7 Å². The van der Waals surface area contributed by atoms with Crippen LogP contribution in [0, 0.1) is 17.2 Å². The average molecular weight is 308 g/mol. The fourth-order valence-electron chi connectivity index (χ4n) is 2.45. The number of nitrogens with one attached hydrogen (secondary N) is 2. The van der Waals surface area contributed by atoms with E-state index in [9.17, 15) is 9.59 Å². The van der Waals surface area contributed by atoms with E-state index in [0.717, 1.165) is 6.42 Å². The molecule has 3 N–H and O–H groups in total. The molecule has 2 rings (SSSR count). The molecule has 110 valence electrons. The summed E-state index contributed by atoms with van der Waals surface area (Å²) in [6.07, 6.45) is 2.01. The number of carboxylic acid groups (broad SMARTS) is 1. The topological polar surface area (TPSA) is 102 Å². The molecule has 0 saturated heterocycles. The second-order valence-electron chi connectivity index (χ2n) is 4.89. The Morgan fingerprint density at radius 3 is 2.76 bits per heavy atom. The number of urea groups is 1. The summed E-state index contributed by atoms with van der Waals surface area (Å²) in [5.74, 6) is -1.43. The van der Waals surface area contributed by atoms with Crippen LogP contribution in [0.25, 0.3) is 0 Å². The number of halogens is 1. The summed E-state index contributed by atoms with van der Waals surface area (Å²) in [5, 5.41) is 23.3. The van der Waals surface area contributed by atoms with E-state index in [1.165, 1.54) is 12.1 Å². The standard InChI is InChI=1S/C14H14ClN3O3/c15-11-6-9(5-4-8(11)7-16)17-14(21)18-12-3-1-2-10(12)13(19)20/h4-6,10,12H,1-3H2,(H,19,20)(H2,17,18,21). The van der Waals surface area contributed by atoms with E-state index in [1.54, 1.807) is 6.07 Å². The van der Waals surface area contributed by atoms with Gasteiger partial charge in [0.1, 0.15) is 6.07 Å². The van der Waals surface area contributed by atoms with Gasteiger partial charge in [-0.3, -0.25) is 4.79 Å². The summed E-state index contributed by atoms with van der Waals surface area (Å²) in [6.45, 7) is 0. The zero-order valence-electron chi connectivity index (χ0n) is 11.1. The lowest BCUT2D eigenvalue weighted by Crippen LogP contribution is -2.42. The van der Waals surface area contributed by atoms with Gasteiger partial charge in [-0.05, 0) is 31.0 Å². The summed E-state index contributed by atoms with van der Waals surface area (Å²) in [4.78, 5) is 22.9. The molecule has 0 aliphatic heterocycles. The van der Waals surface area contributed by atoms with Crippen molar-refractivity contribution in [3.63, 3.8) is 0 Å². The first-order valence-electron chi connectivity index (χ1n) is 6.51. The fourth-order valence-corrected chi connectivity index (χ4v) is 2.67. The number of anilines is 1. The molecule has 1 fully saturated rings. The molecule has 1 saturated carbocycles. The van der Waals surface area contributed by atoms with Crippen LogP contribution in [-0.4, -0.2) is 23.1 Å². The van der Waals surface area contributed by atoms with Gasteiger partial charge in [-0.2, -0.15) is 5.26 Å². The Hall–Kier alpha value is -2.26. The molecular weight excluding hydrogens is 294 g/mol. The Labute approximate surface area is 126 Å². The maximum Gasteiger partial charge on any atom is 0.319 e. The molecular formula is C14H14ClN3O3. The number of benzene rings is 1. The third-order valence-electron chi connectivity index (χ3n) is 3.50. The number of carbonyl (C=O) groups is 2. The lowest BCUT2D eigenvalue weighted by Gasteiger charge is -2.18. The van der Waals surface area contributed by atoms with Crippen molar-refractivity contribution in [1.29, 1.82) is 5.26 Å². The first kappa shape index (κ1) is 15.1. The molecule has 1 aliphatic carbocycles. The van der Waals surface area contributed by atoms with Crippen molar-refractivity contribution in [3.05, 3.63) is 28.8 Å². The molecule has 0 spiro atoms. The molecule has 0 aromatic heterocycles. The third-order valence-corrected chi connectivity index (χ3v) is 3.81. The van der Waals surface area contributed by atoms with Crippen molar-refractivity contribution in [3.8, 4) is 6.07 Å². The van der Waals surface area contributed by atoms with E-state index < -0.39 is 17.9 Å². The molecule has 0 heterocycles. The van der Waals surface area contributed by atoms with E-state index in [4.69, 9.17) is 22.0 Å². The van der Waals surface area contributed by atoms with E-state index in [-0.39, 0.29) is 11.1 Å². The van der Waals surface area contributed by atoms with E-state index >= 15 is 0 Å². The third kappa shape index (κ3) is 3.64. The van der Waals surface area contributed by atoms with Crippen LogP contribution >= 0.6 is 11.6 Å². The van der Waals surface area contributed by atoms with Crippen LogP contribution < -0.4 is 10.6 Å². The Balaban J connectivity index is 1.97. The van der Waals surface area contributed by atoms with Crippen LogP contribution in [0.5, 0.6) is 0 Å². The zero-order valence-corrected chi connectivity index (χ0v) is 11.9. The molecule has 2 unspecified atom stereocenters. The van der Waals surface area contributed by atoms with Crippen molar-refractivity contribution in [2.24, 2.45) is 5.92 Å². The number of carboxylic acids is 1. The van der Waals surface area contributed by atoms with Gasteiger partial charge >= 0.3 is 12.0 Å². The number of nitriles is 1. The van der Waals surface area contributed by atoms with E-state index in [2.05, 4.69) is 10.6 Å². The minimum Gasteiger partial charge on any atom is -0.481 e. The van der Waals surface area contributed by atoms with Crippen LogP contribution in [0.15, 0.2) is 18.2 Å². The van der Waals surface area contributed by atoms with Crippen molar-refractivity contribution in [2.75, 3.05) is 5.32 Å². The monoisotopic (exact) mass is 307 g/mol. The van der Waals surface area contributed by atoms with Gasteiger partial charge in [0.25, 0.3) is 0 Å². The Bertz CT molecular complexity index is 612. The molecule has 1 aromatic rings. The van der Waals surface area contributed by atoms with Gasteiger partial charge in [0.15, 0.2) is 0 Å². The summed E-state index contributed by atoms with van der Waals surface area (Å²) < 4.78 is 0. The predicted octanol–water partition coefficient (Wildman–Crippen LogP) is 2.59. The summed E-state index contributed by atoms with van der Waals surface area (Å²) in [6, 6.07) is 5.63.